The van der Waals surface area contributed by atoms with E-state index >= 15 is 0 Å². The summed E-state index contributed by atoms with van der Waals surface area (Å²) in [5, 5.41) is 0.526. The lowest BCUT2D eigenvalue weighted by Gasteiger charge is -2.17. The van der Waals surface area contributed by atoms with Crippen LogP contribution in [0.5, 0.6) is 0 Å². The van der Waals surface area contributed by atoms with E-state index < -0.39 is 0 Å². The molecule has 3 N–H and O–H groups in total. The van der Waals surface area contributed by atoms with Gasteiger partial charge in [-0.25, -0.2) is 4.39 Å². The molecule has 2 nitrogen and oxygen atoms in total. The summed E-state index contributed by atoms with van der Waals surface area (Å²) in [6.45, 7) is 0. The van der Waals surface area contributed by atoms with Crippen LogP contribution in [0.25, 0.3) is 0 Å². The molecule has 0 heterocycles. The maximum Gasteiger partial charge on any atom is 0.126 e. The summed E-state index contributed by atoms with van der Waals surface area (Å²) in [7, 11) is 0. The lowest BCUT2D eigenvalue weighted by atomic mass is 9.99. The molecule has 0 amide bonds. The Morgan fingerprint density at radius 2 is 1.85 bits per heavy atom. The highest BCUT2D eigenvalue weighted by atomic mass is 79.9. The lowest BCUT2D eigenvalue weighted by molar-refractivity contribution is 0.506. The van der Waals surface area contributed by atoms with Gasteiger partial charge in [0.1, 0.15) is 5.82 Å². The predicted molar refractivity (Wildman–Crippen MR) is 84.1 cm³/mol. The van der Waals surface area contributed by atoms with Crippen molar-refractivity contribution in [3.05, 3.63) is 68.9 Å². The highest BCUT2D eigenvalue weighted by molar-refractivity contribution is 9.10. The fraction of sp³-hybridized carbons (Fsp3) is 0.200. The fourth-order valence-electron chi connectivity index (χ4n) is 2.08. The number of nitrogens with two attached hydrogens (primary N) is 1. The molecule has 106 valence electrons. The summed E-state index contributed by atoms with van der Waals surface area (Å²) in [4.78, 5) is 0. The van der Waals surface area contributed by atoms with Gasteiger partial charge in [0, 0.05) is 15.5 Å². The van der Waals surface area contributed by atoms with Crippen molar-refractivity contribution in [3.63, 3.8) is 0 Å². The monoisotopic (exact) mass is 356 g/mol. The van der Waals surface area contributed by atoms with Crippen molar-refractivity contribution in [1.82, 2.24) is 5.43 Å². The van der Waals surface area contributed by atoms with E-state index in [4.69, 9.17) is 17.4 Å². The van der Waals surface area contributed by atoms with Gasteiger partial charge in [0.15, 0.2) is 0 Å². The zero-order valence-electron chi connectivity index (χ0n) is 10.7. The third-order valence-corrected chi connectivity index (χ3v) is 4.14. The number of hydrogen-bond acceptors (Lipinski definition) is 2. The molecule has 1 atom stereocenters. The van der Waals surface area contributed by atoms with E-state index in [1.165, 1.54) is 6.07 Å². The molecule has 0 aromatic heterocycles. The first-order valence-electron chi connectivity index (χ1n) is 6.23. The number of hydrazine groups is 1. The molecule has 2 aromatic carbocycles. The Kier molecular flexibility index (Phi) is 5.54. The molecule has 1 unspecified atom stereocenters. The minimum absolute atomic E-state index is 0.0679. The SMILES string of the molecule is NNC(Cc1cc(Cl)ccc1F)Cc1ccccc1Br. The van der Waals surface area contributed by atoms with Gasteiger partial charge in [-0.05, 0) is 48.2 Å². The van der Waals surface area contributed by atoms with Crippen molar-refractivity contribution in [1.29, 1.82) is 0 Å². The zero-order chi connectivity index (χ0) is 14.5. The number of hydrogen-bond donors (Lipinski definition) is 2. The average molecular weight is 358 g/mol. The topological polar surface area (TPSA) is 38.0 Å². The second-order valence-corrected chi connectivity index (χ2v) is 5.89. The Balaban J connectivity index is 2.13. The van der Waals surface area contributed by atoms with Gasteiger partial charge in [0.2, 0.25) is 0 Å². The van der Waals surface area contributed by atoms with E-state index in [0.717, 1.165) is 10.0 Å². The molecular formula is C15H15BrClFN2. The van der Waals surface area contributed by atoms with E-state index in [0.29, 0.717) is 23.4 Å². The molecule has 0 aliphatic rings. The summed E-state index contributed by atoms with van der Waals surface area (Å²) in [5.41, 5.74) is 4.43. The Hall–Kier alpha value is -0.940. The number of benzene rings is 2. The minimum atomic E-state index is -0.262. The van der Waals surface area contributed by atoms with Crippen LogP contribution in [-0.4, -0.2) is 6.04 Å². The first-order valence-corrected chi connectivity index (χ1v) is 7.40. The van der Waals surface area contributed by atoms with Gasteiger partial charge in [-0.3, -0.25) is 11.3 Å². The van der Waals surface area contributed by atoms with Crippen LogP contribution >= 0.6 is 27.5 Å². The van der Waals surface area contributed by atoms with E-state index in [2.05, 4.69) is 21.4 Å². The van der Waals surface area contributed by atoms with Crippen LogP contribution in [-0.2, 0) is 12.8 Å². The zero-order valence-corrected chi connectivity index (χ0v) is 13.1. The molecule has 0 radical (unpaired) electrons. The first-order chi connectivity index (χ1) is 9.60. The third-order valence-electron chi connectivity index (χ3n) is 3.13. The number of nitrogens with one attached hydrogen (secondary N) is 1. The van der Waals surface area contributed by atoms with Crippen LogP contribution in [0.3, 0.4) is 0 Å². The van der Waals surface area contributed by atoms with Crippen molar-refractivity contribution >= 4 is 27.5 Å². The normalized spacial score (nSPS) is 12.4. The summed E-state index contributed by atoms with van der Waals surface area (Å²) in [5.74, 6) is 5.32. The van der Waals surface area contributed by atoms with Crippen LogP contribution < -0.4 is 11.3 Å². The highest BCUT2D eigenvalue weighted by Crippen LogP contribution is 2.20. The van der Waals surface area contributed by atoms with Crippen LogP contribution in [0.1, 0.15) is 11.1 Å². The van der Waals surface area contributed by atoms with Crippen molar-refractivity contribution in [3.8, 4) is 0 Å². The van der Waals surface area contributed by atoms with Crippen molar-refractivity contribution in [2.24, 2.45) is 5.84 Å². The Morgan fingerprint density at radius 1 is 1.15 bits per heavy atom. The quantitative estimate of drug-likeness (QED) is 0.630. The smallest absolute Gasteiger partial charge is 0.126 e. The van der Waals surface area contributed by atoms with Crippen molar-refractivity contribution in [2.45, 2.75) is 18.9 Å². The Morgan fingerprint density at radius 3 is 2.55 bits per heavy atom. The molecule has 0 aliphatic carbocycles. The first kappa shape index (κ1) is 15.4. The Bertz CT molecular complexity index is 592. The molecule has 0 fully saturated rings. The standard InChI is InChI=1S/C15H15BrClFN2/c16-14-4-2-1-3-10(14)8-13(20-19)9-11-7-12(17)5-6-15(11)18/h1-7,13,20H,8-9,19H2. The van der Waals surface area contributed by atoms with Gasteiger partial charge in [0.25, 0.3) is 0 Å². The van der Waals surface area contributed by atoms with Gasteiger partial charge >= 0.3 is 0 Å². The summed E-state index contributed by atoms with van der Waals surface area (Å²) in [6.07, 6.45) is 1.17. The van der Waals surface area contributed by atoms with Gasteiger partial charge in [-0.2, -0.15) is 0 Å². The minimum Gasteiger partial charge on any atom is -0.271 e. The molecule has 0 saturated carbocycles. The molecular weight excluding hydrogens is 343 g/mol. The maximum atomic E-state index is 13.7. The van der Waals surface area contributed by atoms with Crippen molar-refractivity contribution < 1.29 is 4.39 Å². The second-order valence-electron chi connectivity index (χ2n) is 4.60. The summed E-state index contributed by atoms with van der Waals surface area (Å²) >= 11 is 9.40. The van der Waals surface area contributed by atoms with E-state index in [1.54, 1.807) is 12.1 Å². The molecule has 20 heavy (non-hydrogen) atoms. The van der Waals surface area contributed by atoms with Crippen LogP contribution in [0.2, 0.25) is 5.02 Å². The molecule has 2 rings (SSSR count). The van der Waals surface area contributed by atoms with E-state index in [9.17, 15) is 4.39 Å². The van der Waals surface area contributed by atoms with Crippen LogP contribution in [0, 0.1) is 5.82 Å². The number of halogens is 3. The fourth-order valence-corrected chi connectivity index (χ4v) is 2.73. The van der Waals surface area contributed by atoms with Crippen LogP contribution in [0.15, 0.2) is 46.9 Å². The van der Waals surface area contributed by atoms with E-state index in [1.807, 2.05) is 24.3 Å². The Labute approximate surface area is 131 Å². The lowest BCUT2D eigenvalue weighted by Crippen LogP contribution is -2.38. The van der Waals surface area contributed by atoms with Crippen LogP contribution in [0.4, 0.5) is 4.39 Å². The van der Waals surface area contributed by atoms with Gasteiger partial charge in [-0.15, -0.1) is 0 Å². The van der Waals surface area contributed by atoms with Gasteiger partial charge < -0.3 is 0 Å². The largest absolute Gasteiger partial charge is 0.271 e. The molecule has 0 aliphatic heterocycles. The highest BCUT2D eigenvalue weighted by Gasteiger charge is 2.13. The molecule has 0 spiro atoms. The molecule has 0 saturated heterocycles. The molecule has 0 bridgehead atoms. The van der Waals surface area contributed by atoms with Crippen molar-refractivity contribution in [2.75, 3.05) is 0 Å². The third kappa shape index (κ3) is 4.03. The predicted octanol–water partition coefficient (Wildman–Crippen LogP) is 3.86. The maximum absolute atomic E-state index is 13.7. The molecule has 2 aromatic rings. The summed E-state index contributed by atoms with van der Waals surface area (Å²) < 4.78 is 14.8. The molecule has 5 heteroatoms. The van der Waals surface area contributed by atoms with Gasteiger partial charge in [0.05, 0.1) is 0 Å². The summed E-state index contributed by atoms with van der Waals surface area (Å²) in [6, 6.07) is 12.4. The van der Waals surface area contributed by atoms with Gasteiger partial charge in [-0.1, -0.05) is 45.7 Å². The van der Waals surface area contributed by atoms with E-state index in [-0.39, 0.29) is 11.9 Å². The second kappa shape index (κ2) is 7.18. The average Bonchev–Trinajstić information content (AvgIpc) is 2.44. The number of rotatable bonds is 5.